The number of nitrogens with two attached hydrogens (primary N) is 1. The first-order valence-electron chi connectivity index (χ1n) is 6.18. The number of rotatable bonds is 5. The second kappa shape index (κ2) is 5.27. The second-order valence-electron chi connectivity index (χ2n) is 4.59. The largest absolute Gasteiger partial charge is 0.417 e. The van der Waals surface area contributed by atoms with Gasteiger partial charge >= 0.3 is 5.76 Å². The fourth-order valence-corrected chi connectivity index (χ4v) is 2.03. The average Bonchev–Trinajstić information content (AvgIpc) is 2.74. The normalized spacial score (nSPS) is 12.8. The van der Waals surface area contributed by atoms with Gasteiger partial charge in [0.25, 0.3) is 0 Å². The number of oxazole rings is 1. The third kappa shape index (κ3) is 2.56. The molecule has 0 bridgehead atoms. The lowest BCUT2D eigenvalue weighted by atomic mass is 10.1. The van der Waals surface area contributed by atoms with E-state index < -0.39 is 5.76 Å². The lowest BCUT2D eigenvalue weighted by molar-refractivity contribution is 0.520. The Morgan fingerprint density at radius 3 is 2.94 bits per heavy atom. The van der Waals surface area contributed by atoms with Crippen molar-refractivity contribution in [3.8, 4) is 0 Å². The molecule has 5 heteroatoms. The van der Waals surface area contributed by atoms with Gasteiger partial charge in [-0.15, -0.1) is 0 Å². The molecule has 1 aromatic carbocycles. The van der Waals surface area contributed by atoms with Crippen LogP contribution in [-0.4, -0.2) is 25.1 Å². The maximum Gasteiger partial charge on any atom is 0.417 e. The topological polar surface area (TPSA) is 75.3 Å². The Balaban J connectivity index is 2.21. The first kappa shape index (κ1) is 12.7. The molecule has 0 aliphatic heterocycles. The van der Waals surface area contributed by atoms with Gasteiger partial charge in [-0.1, -0.05) is 13.3 Å². The first-order chi connectivity index (χ1) is 8.63. The van der Waals surface area contributed by atoms with E-state index in [2.05, 4.69) is 16.8 Å². The summed E-state index contributed by atoms with van der Waals surface area (Å²) in [4.78, 5) is 15.8. The van der Waals surface area contributed by atoms with Gasteiger partial charge in [0.1, 0.15) is 0 Å². The highest BCUT2D eigenvalue weighted by atomic mass is 16.4. The monoisotopic (exact) mass is 249 g/mol. The summed E-state index contributed by atoms with van der Waals surface area (Å²) in [6.07, 6.45) is 1.06. The van der Waals surface area contributed by atoms with Gasteiger partial charge in [0.05, 0.1) is 5.52 Å². The van der Waals surface area contributed by atoms with Crippen LogP contribution in [0.15, 0.2) is 27.4 Å². The molecule has 1 heterocycles. The van der Waals surface area contributed by atoms with Gasteiger partial charge in [-0.25, -0.2) is 4.79 Å². The zero-order valence-electron chi connectivity index (χ0n) is 10.8. The molecule has 0 radical (unpaired) electrons. The molecule has 1 aromatic heterocycles. The van der Waals surface area contributed by atoms with Gasteiger partial charge in [-0.2, -0.15) is 0 Å². The average molecular weight is 249 g/mol. The quantitative estimate of drug-likeness (QED) is 0.843. The molecule has 0 saturated heterocycles. The molecule has 5 nitrogen and oxygen atoms in total. The number of benzene rings is 1. The molecular formula is C13H19N3O2. The first-order valence-corrected chi connectivity index (χ1v) is 6.18. The van der Waals surface area contributed by atoms with E-state index in [9.17, 15) is 4.79 Å². The molecule has 0 amide bonds. The van der Waals surface area contributed by atoms with E-state index in [-0.39, 0.29) is 0 Å². The van der Waals surface area contributed by atoms with Crippen LogP contribution in [0.3, 0.4) is 0 Å². The Hall–Kier alpha value is -1.75. The minimum absolute atomic E-state index is 0.418. The van der Waals surface area contributed by atoms with E-state index in [0.29, 0.717) is 18.0 Å². The number of hydrogen-bond donors (Lipinski definition) is 2. The predicted octanol–water partition coefficient (Wildman–Crippen LogP) is 1.54. The summed E-state index contributed by atoms with van der Waals surface area (Å²) in [5.74, 6) is 0.0575. The minimum Gasteiger partial charge on any atom is -0.408 e. The zero-order valence-corrected chi connectivity index (χ0v) is 10.8. The highest BCUT2D eigenvalue weighted by molar-refractivity contribution is 5.76. The molecule has 1 atom stereocenters. The lowest BCUT2D eigenvalue weighted by Crippen LogP contribution is -2.29. The number of aromatic nitrogens is 1. The van der Waals surface area contributed by atoms with Gasteiger partial charge in [0.2, 0.25) is 0 Å². The van der Waals surface area contributed by atoms with Gasteiger partial charge in [0, 0.05) is 25.3 Å². The van der Waals surface area contributed by atoms with Crippen molar-refractivity contribution in [3.05, 3.63) is 28.7 Å². The zero-order chi connectivity index (χ0) is 13.1. The third-order valence-electron chi connectivity index (χ3n) is 3.29. The molecule has 0 saturated carbocycles. The Bertz CT molecular complexity index is 569. The van der Waals surface area contributed by atoms with Gasteiger partial charge in [-0.05, 0) is 24.6 Å². The van der Waals surface area contributed by atoms with E-state index in [0.717, 1.165) is 24.2 Å². The van der Waals surface area contributed by atoms with Crippen molar-refractivity contribution in [3.63, 3.8) is 0 Å². The molecule has 0 aliphatic rings. The number of fused-ring (bicyclic) bond motifs is 1. The Morgan fingerprint density at radius 2 is 2.28 bits per heavy atom. The molecule has 0 fully saturated rings. The van der Waals surface area contributed by atoms with Crippen molar-refractivity contribution < 1.29 is 4.42 Å². The van der Waals surface area contributed by atoms with E-state index >= 15 is 0 Å². The van der Waals surface area contributed by atoms with E-state index in [1.165, 1.54) is 0 Å². The van der Waals surface area contributed by atoms with Crippen LogP contribution in [0.5, 0.6) is 0 Å². The summed E-state index contributed by atoms with van der Waals surface area (Å²) in [6.45, 7) is 3.72. The SMILES string of the molecule is CCC(CN)CN(C)c1ccc2[nH]c(=O)oc2c1. The van der Waals surface area contributed by atoms with Crippen molar-refractivity contribution in [2.45, 2.75) is 13.3 Å². The Kier molecular flexibility index (Phi) is 3.72. The Morgan fingerprint density at radius 1 is 1.50 bits per heavy atom. The molecule has 1 unspecified atom stereocenters. The summed E-state index contributed by atoms with van der Waals surface area (Å²) < 4.78 is 5.05. The summed E-state index contributed by atoms with van der Waals surface area (Å²) >= 11 is 0. The van der Waals surface area contributed by atoms with Crippen LogP contribution in [-0.2, 0) is 0 Å². The fraction of sp³-hybridized carbons (Fsp3) is 0.462. The molecule has 2 rings (SSSR count). The van der Waals surface area contributed by atoms with Gasteiger partial charge in [0.15, 0.2) is 5.58 Å². The number of aromatic amines is 1. The Labute approximate surface area is 106 Å². The van der Waals surface area contributed by atoms with Gasteiger partial charge in [-0.3, -0.25) is 4.98 Å². The summed E-state index contributed by atoms with van der Waals surface area (Å²) in [7, 11) is 2.02. The highest BCUT2D eigenvalue weighted by Crippen LogP contribution is 2.20. The number of H-pyrrole nitrogens is 1. The van der Waals surface area contributed by atoms with Crippen LogP contribution in [0.1, 0.15) is 13.3 Å². The lowest BCUT2D eigenvalue weighted by Gasteiger charge is -2.24. The van der Waals surface area contributed by atoms with Crippen molar-refractivity contribution in [1.29, 1.82) is 0 Å². The summed E-state index contributed by atoms with van der Waals surface area (Å²) in [5.41, 5.74) is 8.05. The predicted molar refractivity (Wildman–Crippen MR) is 72.9 cm³/mol. The molecule has 3 N–H and O–H groups in total. The highest BCUT2D eigenvalue weighted by Gasteiger charge is 2.10. The number of hydrogen-bond acceptors (Lipinski definition) is 4. The van der Waals surface area contributed by atoms with Crippen LogP contribution in [0.2, 0.25) is 0 Å². The number of nitrogens with one attached hydrogen (secondary N) is 1. The van der Waals surface area contributed by atoms with Gasteiger partial charge < -0.3 is 15.1 Å². The van der Waals surface area contributed by atoms with Crippen molar-refractivity contribution in [1.82, 2.24) is 4.98 Å². The molecule has 2 aromatic rings. The van der Waals surface area contributed by atoms with E-state index in [1.54, 1.807) is 0 Å². The van der Waals surface area contributed by atoms with Crippen LogP contribution >= 0.6 is 0 Å². The second-order valence-corrected chi connectivity index (χ2v) is 4.59. The van der Waals surface area contributed by atoms with E-state index in [1.807, 2.05) is 25.2 Å². The van der Waals surface area contributed by atoms with Crippen molar-refractivity contribution in [2.24, 2.45) is 11.7 Å². The van der Waals surface area contributed by atoms with Crippen molar-refractivity contribution in [2.75, 3.05) is 25.0 Å². The number of nitrogens with zero attached hydrogens (tertiary/aromatic N) is 1. The smallest absolute Gasteiger partial charge is 0.408 e. The maximum atomic E-state index is 11.1. The van der Waals surface area contributed by atoms with Crippen LogP contribution < -0.4 is 16.4 Å². The fourth-order valence-electron chi connectivity index (χ4n) is 2.03. The van der Waals surface area contributed by atoms with Crippen LogP contribution in [0.4, 0.5) is 5.69 Å². The minimum atomic E-state index is -0.418. The molecule has 98 valence electrons. The van der Waals surface area contributed by atoms with E-state index in [4.69, 9.17) is 10.2 Å². The summed E-state index contributed by atoms with van der Waals surface area (Å²) in [5, 5.41) is 0. The van der Waals surface area contributed by atoms with Crippen LogP contribution in [0, 0.1) is 5.92 Å². The molecule has 0 spiro atoms. The number of anilines is 1. The third-order valence-corrected chi connectivity index (χ3v) is 3.29. The molecule has 18 heavy (non-hydrogen) atoms. The van der Waals surface area contributed by atoms with Crippen LogP contribution in [0.25, 0.3) is 11.1 Å². The molecule has 0 aliphatic carbocycles. The summed E-state index contributed by atoms with van der Waals surface area (Å²) in [6, 6.07) is 5.70. The molecular weight excluding hydrogens is 230 g/mol. The van der Waals surface area contributed by atoms with Crippen molar-refractivity contribution >= 4 is 16.8 Å². The standard InChI is InChI=1S/C13H19N3O2/c1-3-9(7-14)8-16(2)10-4-5-11-12(6-10)18-13(17)15-11/h4-6,9H,3,7-8,14H2,1-2H3,(H,15,17). The maximum absolute atomic E-state index is 11.1.